The van der Waals surface area contributed by atoms with Gasteiger partial charge in [-0.05, 0) is 18.4 Å². The van der Waals surface area contributed by atoms with Crippen LogP contribution in [0.25, 0.3) is 11.6 Å². The number of nitrogens with zero attached hydrogens (tertiary/aromatic N) is 6. The quantitative estimate of drug-likeness (QED) is 0.828. The zero-order valence-electron chi connectivity index (χ0n) is 15.7. The number of aryl methyl sites for hydroxylation is 1. The Bertz CT molecular complexity index is 697. The molecule has 26 heavy (non-hydrogen) atoms. The summed E-state index contributed by atoms with van der Waals surface area (Å²) in [5.74, 6) is 1.39. The number of rotatable bonds is 6. The van der Waals surface area contributed by atoms with Crippen molar-refractivity contribution in [2.45, 2.75) is 40.0 Å². The van der Waals surface area contributed by atoms with E-state index in [1.54, 1.807) is 0 Å². The maximum absolute atomic E-state index is 12.4. The monoisotopic (exact) mass is 361 g/mol. The van der Waals surface area contributed by atoms with Crippen LogP contribution in [-0.4, -0.2) is 73.8 Å². The summed E-state index contributed by atoms with van der Waals surface area (Å²) in [6.07, 6.45) is 3.37. The molecule has 1 amide bonds. The minimum Gasteiger partial charge on any atom is -0.340 e. The van der Waals surface area contributed by atoms with Crippen LogP contribution in [0.2, 0.25) is 0 Å². The van der Waals surface area contributed by atoms with Crippen molar-refractivity contribution in [1.29, 1.82) is 0 Å². The SMILES string of the molecule is CC(C)(C)CCN1CCN(C(=O)CCc2nc(-c3ncn[nH]3)no2)CC1. The van der Waals surface area contributed by atoms with Crippen LogP contribution in [0.3, 0.4) is 0 Å². The molecule has 9 nitrogen and oxygen atoms in total. The normalized spacial score (nSPS) is 16.2. The molecule has 1 N–H and O–H groups in total. The van der Waals surface area contributed by atoms with E-state index in [0.717, 1.165) is 32.7 Å². The molecule has 2 aromatic rings. The molecule has 3 heterocycles. The van der Waals surface area contributed by atoms with Gasteiger partial charge in [-0.15, -0.1) is 0 Å². The third-order valence-electron chi connectivity index (χ3n) is 4.55. The lowest BCUT2D eigenvalue weighted by Gasteiger charge is -2.36. The average molecular weight is 361 g/mol. The maximum atomic E-state index is 12.4. The molecule has 1 aliphatic rings. The van der Waals surface area contributed by atoms with Gasteiger partial charge in [-0.1, -0.05) is 25.9 Å². The zero-order chi connectivity index (χ0) is 18.6. The standard InChI is InChI=1S/C17H27N7O2/c1-17(2,3)6-7-23-8-10-24(11-9-23)14(25)5-4-13-20-16(22-26-13)15-18-12-19-21-15/h12H,4-11H2,1-3H3,(H,18,19,21). The van der Waals surface area contributed by atoms with Crippen LogP contribution in [0.5, 0.6) is 0 Å². The van der Waals surface area contributed by atoms with Gasteiger partial charge in [-0.25, -0.2) is 4.98 Å². The van der Waals surface area contributed by atoms with Gasteiger partial charge < -0.3 is 9.42 Å². The number of amides is 1. The first-order valence-electron chi connectivity index (χ1n) is 9.09. The molecule has 1 aliphatic heterocycles. The number of carbonyl (C=O) groups excluding carboxylic acids is 1. The van der Waals surface area contributed by atoms with Gasteiger partial charge >= 0.3 is 0 Å². The summed E-state index contributed by atoms with van der Waals surface area (Å²) in [5, 5.41) is 10.3. The Balaban J connectivity index is 1.41. The molecule has 0 radical (unpaired) electrons. The van der Waals surface area contributed by atoms with Gasteiger partial charge in [0.05, 0.1) is 0 Å². The highest BCUT2D eigenvalue weighted by atomic mass is 16.5. The van der Waals surface area contributed by atoms with E-state index in [1.807, 2.05) is 4.90 Å². The Morgan fingerprint density at radius 3 is 2.69 bits per heavy atom. The maximum Gasteiger partial charge on any atom is 0.239 e. The summed E-state index contributed by atoms with van der Waals surface area (Å²) in [6.45, 7) is 11.3. The van der Waals surface area contributed by atoms with E-state index < -0.39 is 0 Å². The van der Waals surface area contributed by atoms with Crippen LogP contribution in [0.4, 0.5) is 0 Å². The molecule has 0 saturated carbocycles. The number of hydrogen-bond donors (Lipinski definition) is 1. The number of piperazine rings is 1. The first-order chi connectivity index (χ1) is 12.4. The molecule has 1 fully saturated rings. The molecule has 2 aromatic heterocycles. The topological polar surface area (TPSA) is 104 Å². The summed E-state index contributed by atoms with van der Waals surface area (Å²) >= 11 is 0. The van der Waals surface area contributed by atoms with Crippen LogP contribution < -0.4 is 0 Å². The van der Waals surface area contributed by atoms with E-state index in [4.69, 9.17) is 4.52 Å². The van der Waals surface area contributed by atoms with Gasteiger partial charge in [0.2, 0.25) is 17.6 Å². The Kier molecular flexibility index (Phi) is 5.65. The molecule has 0 bridgehead atoms. The minimum atomic E-state index is 0.139. The first kappa shape index (κ1) is 18.5. The van der Waals surface area contributed by atoms with Gasteiger partial charge in [0.1, 0.15) is 6.33 Å². The highest BCUT2D eigenvalue weighted by Gasteiger charge is 2.22. The lowest BCUT2D eigenvalue weighted by atomic mass is 9.92. The summed E-state index contributed by atoms with van der Waals surface area (Å²) in [4.78, 5) is 25.0. The van der Waals surface area contributed by atoms with E-state index in [9.17, 15) is 4.79 Å². The van der Waals surface area contributed by atoms with Crippen LogP contribution in [-0.2, 0) is 11.2 Å². The molecular weight excluding hydrogens is 334 g/mol. The molecular formula is C17H27N7O2. The predicted octanol–water partition coefficient (Wildman–Crippen LogP) is 1.37. The van der Waals surface area contributed by atoms with Crippen LogP contribution in [0.1, 0.15) is 39.5 Å². The molecule has 0 spiro atoms. The highest BCUT2D eigenvalue weighted by Crippen LogP contribution is 2.19. The second-order valence-electron chi connectivity index (χ2n) is 7.88. The Morgan fingerprint density at radius 1 is 1.27 bits per heavy atom. The zero-order valence-corrected chi connectivity index (χ0v) is 15.7. The van der Waals surface area contributed by atoms with Gasteiger partial charge in [-0.3, -0.25) is 14.8 Å². The summed E-state index contributed by atoms with van der Waals surface area (Å²) < 4.78 is 5.18. The molecule has 0 aliphatic carbocycles. The van der Waals surface area contributed by atoms with Crippen molar-refractivity contribution in [2.75, 3.05) is 32.7 Å². The van der Waals surface area contributed by atoms with Gasteiger partial charge in [0, 0.05) is 39.0 Å². The van der Waals surface area contributed by atoms with Crippen LogP contribution in [0.15, 0.2) is 10.9 Å². The van der Waals surface area contributed by atoms with E-state index in [1.165, 1.54) is 12.7 Å². The smallest absolute Gasteiger partial charge is 0.239 e. The number of aromatic amines is 1. The first-order valence-corrected chi connectivity index (χ1v) is 9.09. The molecule has 0 atom stereocenters. The van der Waals surface area contributed by atoms with E-state index in [-0.39, 0.29) is 5.91 Å². The molecule has 142 valence electrons. The predicted molar refractivity (Wildman–Crippen MR) is 95.1 cm³/mol. The van der Waals surface area contributed by atoms with Crippen LogP contribution >= 0.6 is 0 Å². The number of hydrogen-bond acceptors (Lipinski definition) is 7. The fourth-order valence-corrected chi connectivity index (χ4v) is 2.85. The van der Waals surface area contributed by atoms with Crippen molar-refractivity contribution in [3.63, 3.8) is 0 Å². The molecule has 0 unspecified atom stereocenters. The Morgan fingerprint density at radius 2 is 2.04 bits per heavy atom. The van der Waals surface area contributed by atoms with Crippen molar-refractivity contribution >= 4 is 5.91 Å². The second-order valence-corrected chi connectivity index (χ2v) is 7.88. The van der Waals surface area contributed by atoms with Crippen molar-refractivity contribution in [3.05, 3.63) is 12.2 Å². The van der Waals surface area contributed by atoms with Crippen molar-refractivity contribution in [2.24, 2.45) is 5.41 Å². The Labute approximate surface area is 153 Å². The van der Waals surface area contributed by atoms with E-state index in [2.05, 4.69) is 51.0 Å². The van der Waals surface area contributed by atoms with Crippen molar-refractivity contribution < 1.29 is 9.32 Å². The van der Waals surface area contributed by atoms with Crippen molar-refractivity contribution in [1.82, 2.24) is 35.1 Å². The fourth-order valence-electron chi connectivity index (χ4n) is 2.85. The lowest BCUT2D eigenvalue weighted by molar-refractivity contribution is -0.133. The number of carbonyl (C=O) groups is 1. The fraction of sp³-hybridized carbons (Fsp3) is 0.706. The lowest BCUT2D eigenvalue weighted by Crippen LogP contribution is -2.49. The summed E-state index contributed by atoms with van der Waals surface area (Å²) in [6, 6.07) is 0. The van der Waals surface area contributed by atoms with Crippen LogP contribution in [0, 0.1) is 5.41 Å². The molecule has 3 rings (SSSR count). The van der Waals surface area contributed by atoms with E-state index in [0.29, 0.717) is 35.8 Å². The highest BCUT2D eigenvalue weighted by molar-refractivity contribution is 5.76. The number of H-pyrrole nitrogens is 1. The molecule has 0 aromatic carbocycles. The molecule has 9 heteroatoms. The summed E-state index contributed by atoms with van der Waals surface area (Å²) in [7, 11) is 0. The third kappa shape index (κ3) is 5.10. The summed E-state index contributed by atoms with van der Waals surface area (Å²) in [5.41, 5.74) is 0.349. The number of nitrogens with one attached hydrogen (secondary N) is 1. The van der Waals surface area contributed by atoms with Gasteiger partial charge in [-0.2, -0.15) is 10.1 Å². The molecule has 1 saturated heterocycles. The second kappa shape index (κ2) is 7.94. The van der Waals surface area contributed by atoms with Gasteiger partial charge in [0.25, 0.3) is 0 Å². The van der Waals surface area contributed by atoms with Crippen molar-refractivity contribution in [3.8, 4) is 11.6 Å². The minimum absolute atomic E-state index is 0.139. The average Bonchev–Trinajstić information content (AvgIpc) is 3.29. The number of aromatic nitrogens is 5. The Hall–Kier alpha value is -2.29. The third-order valence-corrected chi connectivity index (χ3v) is 4.55. The van der Waals surface area contributed by atoms with Gasteiger partial charge in [0.15, 0.2) is 5.82 Å². The largest absolute Gasteiger partial charge is 0.340 e. The van der Waals surface area contributed by atoms with E-state index >= 15 is 0 Å².